The molecule has 1 rings (SSSR count). The van der Waals surface area contributed by atoms with Crippen LogP contribution >= 0.6 is 11.3 Å². The Morgan fingerprint density at radius 1 is 1.44 bits per heavy atom. The van der Waals surface area contributed by atoms with E-state index in [-0.39, 0.29) is 0 Å². The summed E-state index contributed by atoms with van der Waals surface area (Å²) in [4.78, 5) is 9.89. The van der Waals surface area contributed by atoms with Gasteiger partial charge in [0.1, 0.15) is 0 Å². The van der Waals surface area contributed by atoms with Gasteiger partial charge in [-0.3, -0.25) is 0 Å². The zero-order valence-electron chi connectivity index (χ0n) is 11.3. The molecule has 0 spiro atoms. The van der Waals surface area contributed by atoms with Crippen LogP contribution in [0.1, 0.15) is 23.7 Å². The number of thiazole rings is 1. The second-order valence-corrected chi connectivity index (χ2v) is 4.98. The first-order chi connectivity index (χ1) is 8.76. The molecule has 0 bridgehead atoms. The van der Waals surface area contributed by atoms with Gasteiger partial charge < -0.3 is 15.4 Å². The second-order valence-electron chi connectivity index (χ2n) is 3.66. The van der Waals surface area contributed by atoms with E-state index < -0.39 is 0 Å². The fourth-order valence-corrected chi connectivity index (χ4v) is 2.08. The fourth-order valence-electron chi connectivity index (χ4n) is 1.36. The normalized spacial score (nSPS) is 11.6. The van der Waals surface area contributed by atoms with Gasteiger partial charge in [-0.25, -0.2) is 9.98 Å². The van der Waals surface area contributed by atoms with Crippen molar-refractivity contribution in [3.63, 3.8) is 0 Å². The average Bonchev–Trinajstić information content (AvgIpc) is 2.77. The minimum absolute atomic E-state index is 0.662. The number of hydrogen-bond donors (Lipinski definition) is 2. The molecule has 0 aliphatic rings. The highest BCUT2D eigenvalue weighted by Crippen LogP contribution is 2.12. The number of hydrogen-bond acceptors (Lipinski definition) is 4. The lowest BCUT2D eigenvalue weighted by Crippen LogP contribution is -2.38. The molecule has 0 aliphatic carbocycles. The van der Waals surface area contributed by atoms with Gasteiger partial charge in [0.25, 0.3) is 0 Å². The van der Waals surface area contributed by atoms with Crippen LogP contribution in [0.15, 0.2) is 11.2 Å². The van der Waals surface area contributed by atoms with Gasteiger partial charge in [0.05, 0.1) is 18.2 Å². The summed E-state index contributed by atoms with van der Waals surface area (Å²) in [6, 6.07) is 0. The highest BCUT2D eigenvalue weighted by atomic mass is 32.1. The Morgan fingerprint density at radius 3 is 2.89 bits per heavy atom. The molecular weight excluding hydrogens is 248 g/mol. The minimum Gasteiger partial charge on any atom is -0.380 e. The van der Waals surface area contributed by atoms with Crippen molar-refractivity contribution in [2.75, 3.05) is 26.3 Å². The smallest absolute Gasteiger partial charge is 0.191 e. The Balaban J connectivity index is 2.39. The molecule has 5 nitrogen and oxygen atoms in total. The Hall–Kier alpha value is -1.14. The number of nitrogens with zero attached hydrogens (tertiary/aromatic N) is 2. The Kier molecular flexibility index (Phi) is 7.36. The van der Waals surface area contributed by atoms with Gasteiger partial charge in [0.15, 0.2) is 5.96 Å². The third kappa shape index (κ3) is 5.97. The van der Waals surface area contributed by atoms with Crippen molar-refractivity contribution in [2.45, 2.75) is 27.3 Å². The zero-order valence-corrected chi connectivity index (χ0v) is 12.1. The average molecular weight is 270 g/mol. The van der Waals surface area contributed by atoms with E-state index in [4.69, 9.17) is 4.74 Å². The van der Waals surface area contributed by atoms with Crippen molar-refractivity contribution in [2.24, 2.45) is 4.99 Å². The molecule has 0 aromatic carbocycles. The van der Waals surface area contributed by atoms with Crippen LogP contribution in [0.4, 0.5) is 0 Å². The summed E-state index contributed by atoms with van der Waals surface area (Å²) < 4.78 is 5.27. The number of aliphatic imine (C=N–C) groups is 1. The molecule has 0 aliphatic heterocycles. The third-order valence-corrected chi connectivity index (χ3v) is 3.05. The fraction of sp³-hybridized carbons (Fsp3) is 0.667. The van der Waals surface area contributed by atoms with Crippen molar-refractivity contribution in [3.05, 3.63) is 16.1 Å². The summed E-state index contributed by atoms with van der Waals surface area (Å²) >= 11 is 1.68. The molecule has 0 radical (unpaired) electrons. The second kappa shape index (κ2) is 8.88. The molecule has 0 saturated heterocycles. The van der Waals surface area contributed by atoms with Crippen LogP contribution in [-0.2, 0) is 11.3 Å². The summed E-state index contributed by atoms with van der Waals surface area (Å²) in [5.41, 5.74) is 0. The van der Waals surface area contributed by atoms with Gasteiger partial charge in [-0.05, 0) is 20.8 Å². The summed E-state index contributed by atoms with van der Waals surface area (Å²) in [6.45, 7) is 9.76. The van der Waals surface area contributed by atoms with Crippen molar-refractivity contribution < 1.29 is 4.74 Å². The maximum atomic E-state index is 5.27. The van der Waals surface area contributed by atoms with Crippen molar-refractivity contribution in [1.29, 1.82) is 0 Å². The molecule has 0 amide bonds. The molecule has 0 atom stereocenters. The monoisotopic (exact) mass is 270 g/mol. The van der Waals surface area contributed by atoms with Gasteiger partial charge in [-0.2, -0.15) is 0 Å². The number of nitrogens with one attached hydrogen (secondary N) is 2. The summed E-state index contributed by atoms with van der Waals surface area (Å²) in [5, 5.41) is 7.51. The lowest BCUT2D eigenvalue weighted by molar-refractivity contribution is 0.152. The predicted octanol–water partition coefficient (Wildman–Crippen LogP) is 1.54. The van der Waals surface area contributed by atoms with E-state index in [0.29, 0.717) is 13.2 Å². The van der Waals surface area contributed by atoms with E-state index >= 15 is 0 Å². The molecular formula is C12H22N4OS. The van der Waals surface area contributed by atoms with Crippen molar-refractivity contribution in [3.8, 4) is 0 Å². The number of rotatable bonds is 7. The lowest BCUT2D eigenvalue weighted by Gasteiger charge is -2.10. The van der Waals surface area contributed by atoms with Gasteiger partial charge in [-0.15, -0.1) is 11.3 Å². The van der Waals surface area contributed by atoms with Crippen molar-refractivity contribution >= 4 is 17.3 Å². The first kappa shape index (κ1) is 14.9. The summed E-state index contributed by atoms with van der Waals surface area (Å²) in [6.07, 6.45) is 1.88. The van der Waals surface area contributed by atoms with E-state index in [1.165, 1.54) is 4.88 Å². The molecule has 0 saturated carbocycles. The minimum atomic E-state index is 0.662. The highest BCUT2D eigenvalue weighted by Gasteiger charge is 1.99. The van der Waals surface area contributed by atoms with Crippen LogP contribution in [-0.4, -0.2) is 37.2 Å². The summed E-state index contributed by atoms with van der Waals surface area (Å²) in [5.74, 6) is 0.822. The molecule has 102 valence electrons. The van der Waals surface area contributed by atoms with Gasteiger partial charge in [0, 0.05) is 30.8 Å². The quantitative estimate of drug-likeness (QED) is 0.448. The zero-order chi connectivity index (χ0) is 13.2. The maximum absolute atomic E-state index is 5.27. The Bertz CT molecular complexity index is 365. The number of aromatic nitrogens is 1. The maximum Gasteiger partial charge on any atom is 0.191 e. The Labute approximate surface area is 113 Å². The molecule has 1 aromatic heterocycles. The SMILES string of the molecule is CCNC(=NCc1cnc(C)s1)NCCOCC. The molecule has 1 heterocycles. The molecule has 0 fully saturated rings. The number of aryl methyl sites for hydroxylation is 1. The van der Waals surface area contributed by atoms with Crippen LogP contribution in [0.25, 0.3) is 0 Å². The van der Waals surface area contributed by atoms with E-state index in [0.717, 1.165) is 30.7 Å². The first-order valence-corrected chi connectivity index (χ1v) is 7.09. The van der Waals surface area contributed by atoms with Gasteiger partial charge in [-0.1, -0.05) is 0 Å². The van der Waals surface area contributed by atoms with Crippen LogP contribution in [0.2, 0.25) is 0 Å². The standard InChI is InChI=1S/C12H22N4OS/c1-4-13-12(14-6-7-17-5-2)16-9-11-8-15-10(3)18-11/h8H,4-7,9H2,1-3H3,(H2,13,14,16). The van der Waals surface area contributed by atoms with Crippen LogP contribution in [0, 0.1) is 6.92 Å². The number of ether oxygens (including phenoxy) is 1. The van der Waals surface area contributed by atoms with Crippen LogP contribution in [0.3, 0.4) is 0 Å². The Morgan fingerprint density at radius 2 is 2.28 bits per heavy atom. The molecule has 1 aromatic rings. The van der Waals surface area contributed by atoms with Gasteiger partial charge in [0.2, 0.25) is 0 Å². The molecule has 18 heavy (non-hydrogen) atoms. The first-order valence-electron chi connectivity index (χ1n) is 6.27. The molecule has 0 unspecified atom stereocenters. The topological polar surface area (TPSA) is 58.5 Å². The molecule has 2 N–H and O–H groups in total. The number of guanidine groups is 1. The predicted molar refractivity (Wildman–Crippen MR) is 76.2 cm³/mol. The van der Waals surface area contributed by atoms with E-state index in [1.54, 1.807) is 11.3 Å². The van der Waals surface area contributed by atoms with Crippen LogP contribution < -0.4 is 10.6 Å². The highest BCUT2D eigenvalue weighted by molar-refractivity contribution is 7.11. The largest absolute Gasteiger partial charge is 0.380 e. The van der Waals surface area contributed by atoms with E-state index in [9.17, 15) is 0 Å². The summed E-state index contributed by atoms with van der Waals surface area (Å²) in [7, 11) is 0. The van der Waals surface area contributed by atoms with Gasteiger partial charge >= 0.3 is 0 Å². The van der Waals surface area contributed by atoms with Crippen LogP contribution in [0.5, 0.6) is 0 Å². The van der Waals surface area contributed by atoms with E-state index in [2.05, 4.69) is 27.5 Å². The van der Waals surface area contributed by atoms with Crippen molar-refractivity contribution in [1.82, 2.24) is 15.6 Å². The molecule has 6 heteroatoms. The third-order valence-electron chi connectivity index (χ3n) is 2.15. The van der Waals surface area contributed by atoms with E-state index in [1.807, 2.05) is 20.0 Å². The lowest BCUT2D eigenvalue weighted by atomic mass is 10.5.